The number of benzene rings is 1. The van der Waals surface area contributed by atoms with Crippen LogP contribution in [0.2, 0.25) is 0 Å². The van der Waals surface area contributed by atoms with E-state index >= 15 is 0 Å². The third-order valence-corrected chi connectivity index (χ3v) is 3.59. The van der Waals surface area contributed by atoms with E-state index in [0.29, 0.717) is 6.04 Å². The monoisotopic (exact) mass is 248 g/mol. The number of aliphatic hydroxyl groups is 1. The first-order valence-electron chi connectivity index (χ1n) is 6.37. The smallest absolute Gasteiger partial charge is 0.324 e. The molecule has 4 nitrogen and oxygen atoms in total. The number of aliphatic hydroxyl groups excluding tert-OH is 1. The SMILES string of the molecule is CC1CCCN1C(=O)N(C)c1ccc(CO)cc1. The van der Waals surface area contributed by atoms with E-state index in [4.69, 9.17) is 5.11 Å². The van der Waals surface area contributed by atoms with Crippen molar-refractivity contribution in [3.63, 3.8) is 0 Å². The van der Waals surface area contributed by atoms with Crippen LogP contribution in [0.15, 0.2) is 24.3 Å². The third kappa shape index (κ3) is 2.48. The summed E-state index contributed by atoms with van der Waals surface area (Å²) >= 11 is 0. The Balaban J connectivity index is 2.09. The Bertz CT molecular complexity index is 416. The third-order valence-electron chi connectivity index (χ3n) is 3.59. The Hall–Kier alpha value is -1.55. The highest BCUT2D eigenvalue weighted by molar-refractivity contribution is 5.91. The van der Waals surface area contributed by atoms with Crippen molar-refractivity contribution in [3.8, 4) is 0 Å². The second-order valence-electron chi connectivity index (χ2n) is 4.85. The highest BCUT2D eigenvalue weighted by atomic mass is 16.3. The first-order valence-corrected chi connectivity index (χ1v) is 6.37. The largest absolute Gasteiger partial charge is 0.392 e. The van der Waals surface area contributed by atoms with Crippen LogP contribution in [0, 0.1) is 0 Å². The number of anilines is 1. The van der Waals surface area contributed by atoms with Crippen LogP contribution in [0.4, 0.5) is 10.5 Å². The van der Waals surface area contributed by atoms with Gasteiger partial charge < -0.3 is 10.0 Å². The number of nitrogens with zero attached hydrogens (tertiary/aromatic N) is 2. The second-order valence-corrected chi connectivity index (χ2v) is 4.85. The van der Waals surface area contributed by atoms with E-state index in [9.17, 15) is 4.79 Å². The zero-order valence-corrected chi connectivity index (χ0v) is 11.0. The minimum absolute atomic E-state index is 0.0289. The predicted molar refractivity (Wildman–Crippen MR) is 71.6 cm³/mol. The van der Waals surface area contributed by atoms with Gasteiger partial charge in [-0.15, -0.1) is 0 Å². The lowest BCUT2D eigenvalue weighted by Crippen LogP contribution is -2.42. The topological polar surface area (TPSA) is 43.8 Å². The second kappa shape index (κ2) is 5.40. The molecule has 0 aromatic heterocycles. The van der Waals surface area contributed by atoms with Gasteiger partial charge in [0.15, 0.2) is 0 Å². The molecule has 1 saturated heterocycles. The first kappa shape index (κ1) is 12.9. The summed E-state index contributed by atoms with van der Waals surface area (Å²) in [5.41, 5.74) is 1.71. The summed E-state index contributed by atoms with van der Waals surface area (Å²) in [6.45, 7) is 2.97. The summed E-state index contributed by atoms with van der Waals surface area (Å²) < 4.78 is 0. The van der Waals surface area contributed by atoms with E-state index in [1.54, 1.807) is 11.9 Å². The lowest BCUT2D eigenvalue weighted by atomic mass is 10.2. The maximum atomic E-state index is 12.3. The van der Waals surface area contributed by atoms with E-state index in [2.05, 4.69) is 6.92 Å². The van der Waals surface area contributed by atoms with Crippen LogP contribution in [0.3, 0.4) is 0 Å². The molecule has 1 aromatic carbocycles. The molecule has 1 heterocycles. The van der Waals surface area contributed by atoms with E-state index in [1.807, 2.05) is 29.2 Å². The normalized spacial score (nSPS) is 19.1. The van der Waals surface area contributed by atoms with Gasteiger partial charge in [-0.3, -0.25) is 4.90 Å². The Morgan fingerprint density at radius 3 is 2.61 bits per heavy atom. The molecule has 1 atom stereocenters. The quantitative estimate of drug-likeness (QED) is 0.872. The number of carbonyl (C=O) groups excluding carboxylic acids is 1. The molecule has 1 aliphatic heterocycles. The summed E-state index contributed by atoms with van der Waals surface area (Å²) in [5, 5.41) is 8.99. The number of hydrogen-bond acceptors (Lipinski definition) is 2. The van der Waals surface area contributed by atoms with Crippen LogP contribution in [-0.4, -0.2) is 35.7 Å². The average molecular weight is 248 g/mol. The lowest BCUT2D eigenvalue weighted by molar-refractivity contribution is 0.204. The molecule has 1 aliphatic rings. The molecular formula is C14H20N2O2. The van der Waals surface area contributed by atoms with E-state index < -0.39 is 0 Å². The Labute approximate surface area is 108 Å². The first-order chi connectivity index (χ1) is 8.63. The molecule has 0 aliphatic carbocycles. The summed E-state index contributed by atoms with van der Waals surface area (Å²) in [5.74, 6) is 0. The van der Waals surface area contributed by atoms with Crippen molar-refractivity contribution in [1.82, 2.24) is 4.90 Å². The summed E-state index contributed by atoms with van der Waals surface area (Å²) in [6.07, 6.45) is 2.17. The number of carbonyl (C=O) groups is 1. The Morgan fingerprint density at radius 2 is 2.11 bits per heavy atom. The summed E-state index contributed by atoms with van der Waals surface area (Å²) in [6, 6.07) is 7.79. The van der Waals surface area contributed by atoms with Crippen LogP contribution in [0.5, 0.6) is 0 Å². The highest BCUT2D eigenvalue weighted by Gasteiger charge is 2.27. The van der Waals surface area contributed by atoms with Gasteiger partial charge in [0.25, 0.3) is 0 Å². The minimum Gasteiger partial charge on any atom is -0.392 e. The van der Waals surface area contributed by atoms with Gasteiger partial charge in [-0.25, -0.2) is 4.79 Å². The molecule has 0 bridgehead atoms. The maximum Gasteiger partial charge on any atom is 0.324 e. The van der Waals surface area contributed by atoms with Gasteiger partial charge in [0, 0.05) is 25.3 Å². The van der Waals surface area contributed by atoms with Gasteiger partial charge in [0.1, 0.15) is 0 Å². The Kier molecular flexibility index (Phi) is 3.87. The van der Waals surface area contributed by atoms with Crippen LogP contribution in [0.25, 0.3) is 0 Å². The average Bonchev–Trinajstić information content (AvgIpc) is 2.83. The number of likely N-dealkylation sites (tertiary alicyclic amines) is 1. The fraction of sp³-hybridized carbons (Fsp3) is 0.500. The Morgan fingerprint density at radius 1 is 1.44 bits per heavy atom. The molecule has 2 amide bonds. The fourth-order valence-electron chi connectivity index (χ4n) is 2.35. The maximum absolute atomic E-state index is 12.3. The molecule has 4 heteroatoms. The highest BCUT2D eigenvalue weighted by Crippen LogP contribution is 2.21. The van der Waals surface area contributed by atoms with Gasteiger partial charge in [-0.2, -0.15) is 0 Å². The van der Waals surface area contributed by atoms with Gasteiger partial charge in [-0.1, -0.05) is 12.1 Å². The van der Waals surface area contributed by atoms with Crippen molar-refractivity contribution in [2.24, 2.45) is 0 Å². The van der Waals surface area contributed by atoms with Crippen LogP contribution >= 0.6 is 0 Å². The number of amides is 2. The van der Waals surface area contributed by atoms with Gasteiger partial charge in [0.2, 0.25) is 0 Å². The predicted octanol–water partition coefficient (Wildman–Crippen LogP) is 2.22. The zero-order chi connectivity index (χ0) is 13.1. The number of rotatable bonds is 2. The molecule has 0 saturated carbocycles. The number of hydrogen-bond donors (Lipinski definition) is 1. The van der Waals surface area contributed by atoms with Crippen LogP contribution in [-0.2, 0) is 6.61 Å². The minimum atomic E-state index is 0.0289. The van der Waals surface area contributed by atoms with Crippen molar-refractivity contribution in [3.05, 3.63) is 29.8 Å². The molecular weight excluding hydrogens is 228 g/mol. The fourth-order valence-corrected chi connectivity index (χ4v) is 2.35. The molecule has 2 rings (SSSR count). The van der Waals surface area contributed by atoms with Crippen molar-refractivity contribution in [2.45, 2.75) is 32.4 Å². The van der Waals surface area contributed by atoms with Crippen LogP contribution in [0.1, 0.15) is 25.3 Å². The standard InChI is InChI=1S/C14H20N2O2/c1-11-4-3-9-16(11)14(18)15(2)13-7-5-12(10-17)6-8-13/h5-8,11,17H,3-4,9-10H2,1-2H3. The molecule has 1 fully saturated rings. The van der Waals surface area contributed by atoms with Crippen molar-refractivity contribution in [2.75, 3.05) is 18.5 Å². The molecule has 1 unspecified atom stereocenters. The van der Waals surface area contributed by atoms with Crippen molar-refractivity contribution < 1.29 is 9.90 Å². The summed E-state index contributed by atoms with van der Waals surface area (Å²) in [7, 11) is 1.79. The van der Waals surface area contributed by atoms with E-state index in [1.165, 1.54) is 0 Å². The van der Waals surface area contributed by atoms with Gasteiger partial charge in [0.05, 0.1) is 6.61 Å². The van der Waals surface area contributed by atoms with Crippen molar-refractivity contribution >= 4 is 11.7 Å². The van der Waals surface area contributed by atoms with Gasteiger partial charge >= 0.3 is 6.03 Å². The molecule has 18 heavy (non-hydrogen) atoms. The van der Waals surface area contributed by atoms with Crippen LogP contribution < -0.4 is 4.90 Å². The zero-order valence-electron chi connectivity index (χ0n) is 11.0. The number of urea groups is 1. The van der Waals surface area contributed by atoms with Crippen molar-refractivity contribution in [1.29, 1.82) is 0 Å². The van der Waals surface area contributed by atoms with E-state index in [0.717, 1.165) is 30.6 Å². The molecule has 0 spiro atoms. The van der Waals surface area contributed by atoms with Gasteiger partial charge in [-0.05, 0) is 37.5 Å². The van der Waals surface area contributed by atoms with E-state index in [-0.39, 0.29) is 12.6 Å². The molecule has 0 radical (unpaired) electrons. The molecule has 98 valence electrons. The lowest BCUT2D eigenvalue weighted by Gasteiger charge is -2.27. The molecule has 1 aromatic rings. The summed E-state index contributed by atoms with van der Waals surface area (Å²) in [4.78, 5) is 15.9. The molecule has 1 N–H and O–H groups in total.